The standard InChI is InChI=1S/C12H14N2O3/c1-12(2,11(15)16-3)14-8-4-5-9-10(6-8)17-7-13-9/h4-7,14H,1-3H3. The summed E-state index contributed by atoms with van der Waals surface area (Å²) < 4.78 is 9.92. The number of hydrogen-bond donors (Lipinski definition) is 1. The topological polar surface area (TPSA) is 64.4 Å². The lowest BCUT2D eigenvalue weighted by atomic mass is 10.1. The van der Waals surface area contributed by atoms with Gasteiger partial charge in [-0.25, -0.2) is 9.78 Å². The molecule has 0 aliphatic rings. The monoisotopic (exact) mass is 234 g/mol. The van der Waals surface area contributed by atoms with Crippen molar-refractivity contribution in [2.24, 2.45) is 0 Å². The number of nitrogens with one attached hydrogen (secondary N) is 1. The molecule has 0 amide bonds. The number of methoxy groups -OCH3 is 1. The Morgan fingerprint density at radius 2 is 2.24 bits per heavy atom. The summed E-state index contributed by atoms with van der Waals surface area (Å²) >= 11 is 0. The Hall–Kier alpha value is -2.04. The number of fused-ring (bicyclic) bond motifs is 1. The van der Waals surface area contributed by atoms with Gasteiger partial charge in [0.05, 0.1) is 7.11 Å². The van der Waals surface area contributed by atoms with Crippen LogP contribution in [0.4, 0.5) is 5.69 Å². The molecule has 0 bridgehead atoms. The van der Waals surface area contributed by atoms with Gasteiger partial charge in [0.15, 0.2) is 12.0 Å². The maximum absolute atomic E-state index is 11.5. The number of ether oxygens (including phenoxy) is 1. The third kappa shape index (κ3) is 2.22. The van der Waals surface area contributed by atoms with Crippen molar-refractivity contribution in [2.75, 3.05) is 12.4 Å². The summed E-state index contributed by atoms with van der Waals surface area (Å²) in [6.07, 6.45) is 1.39. The number of aromatic nitrogens is 1. The van der Waals surface area contributed by atoms with Gasteiger partial charge in [-0.3, -0.25) is 0 Å². The maximum atomic E-state index is 11.5. The molecule has 0 saturated heterocycles. The van der Waals surface area contributed by atoms with Crippen molar-refractivity contribution in [3.8, 4) is 0 Å². The van der Waals surface area contributed by atoms with E-state index in [0.29, 0.717) is 5.58 Å². The third-order valence-corrected chi connectivity index (χ3v) is 2.48. The van der Waals surface area contributed by atoms with Gasteiger partial charge >= 0.3 is 5.97 Å². The van der Waals surface area contributed by atoms with Crippen LogP contribution in [0.3, 0.4) is 0 Å². The first-order valence-electron chi connectivity index (χ1n) is 5.23. The molecule has 0 fully saturated rings. The van der Waals surface area contributed by atoms with Crippen molar-refractivity contribution < 1.29 is 13.9 Å². The summed E-state index contributed by atoms with van der Waals surface area (Å²) in [7, 11) is 1.37. The van der Waals surface area contributed by atoms with Crippen LogP contribution in [-0.2, 0) is 9.53 Å². The zero-order chi connectivity index (χ0) is 12.5. The Labute approximate surface area is 98.8 Å². The van der Waals surface area contributed by atoms with Gasteiger partial charge in [-0.05, 0) is 26.0 Å². The quantitative estimate of drug-likeness (QED) is 0.825. The fourth-order valence-electron chi connectivity index (χ4n) is 1.60. The van der Waals surface area contributed by atoms with Crippen LogP contribution in [0.1, 0.15) is 13.8 Å². The molecule has 0 aliphatic heterocycles. The minimum Gasteiger partial charge on any atom is -0.467 e. The van der Waals surface area contributed by atoms with Crippen molar-refractivity contribution in [2.45, 2.75) is 19.4 Å². The number of esters is 1. The highest BCUT2D eigenvalue weighted by molar-refractivity contribution is 5.85. The second kappa shape index (κ2) is 4.08. The number of carbonyl (C=O) groups excluding carboxylic acids is 1. The van der Waals surface area contributed by atoms with E-state index in [1.807, 2.05) is 12.1 Å². The van der Waals surface area contributed by atoms with E-state index in [1.165, 1.54) is 13.5 Å². The molecule has 0 aliphatic carbocycles. The first kappa shape index (κ1) is 11.4. The molecule has 5 nitrogen and oxygen atoms in total. The average Bonchev–Trinajstić information content (AvgIpc) is 2.74. The van der Waals surface area contributed by atoms with E-state index in [0.717, 1.165) is 11.2 Å². The number of rotatable bonds is 3. The molecule has 90 valence electrons. The molecule has 5 heteroatoms. The molecule has 1 N–H and O–H groups in total. The molecule has 1 heterocycles. The largest absolute Gasteiger partial charge is 0.467 e. The number of hydrogen-bond acceptors (Lipinski definition) is 5. The van der Waals surface area contributed by atoms with Gasteiger partial charge in [0.25, 0.3) is 0 Å². The molecular weight excluding hydrogens is 220 g/mol. The summed E-state index contributed by atoms with van der Waals surface area (Å²) in [6, 6.07) is 5.47. The highest BCUT2D eigenvalue weighted by Crippen LogP contribution is 2.21. The number of carbonyl (C=O) groups is 1. The number of benzene rings is 1. The van der Waals surface area contributed by atoms with E-state index in [2.05, 4.69) is 10.3 Å². The summed E-state index contributed by atoms with van der Waals surface area (Å²) in [5, 5.41) is 3.09. The van der Waals surface area contributed by atoms with Crippen molar-refractivity contribution in [3.05, 3.63) is 24.6 Å². The van der Waals surface area contributed by atoms with Crippen molar-refractivity contribution in [1.82, 2.24) is 4.98 Å². The van der Waals surface area contributed by atoms with E-state index in [-0.39, 0.29) is 5.97 Å². The van der Waals surface area contributed by atoms with Crippen molar-refractivity contribution in [3.63, 3.8) is 0 Å². The zero-order valence-corrected chi connectivity index (χ0v) is 9.98. The third-order valence-electron chi connectivity index (χ3n) is 2.48. The summed E-state index contributed by atoms with van der Waals surface area (Å²) in [5.41, 5.74) is 1.45. The number of nitrogens with zero attached hydrogens (tertiary/aromatic N) is 1. The normalized spacial score (nSPS) is 11.5. The Bertz CT molecular complexity index is 545. The first-order valence-corrected chi connectivity index (χ1v) is 5.23. The van der Waals surface area contributed by atoms with Crippen molar-refractivity contribution in [1.29, 1.82) is 0 Å². The minimum absolute atomic E-state index is 0.324. The molecule has 1 aromatic carbocycles. The molecule has 0 radical (unpaired) electrons. The molecule has 1 aromatic heterocycles. The SMILES string of the molecule is COC(=O)C(C)(C)Nc1ccc2ncoc2c1. The van der Waals surface area contributed by atoms with Gasteiger partial charge in [0, 0.05) is 11.8 Å². The van der Waals surface area contributed by atoms with Gasteiger partial charge in [-0.15, -0.1) is 0 Å². The summed E-state index contributed by atoms with van der Waals surface area (Å²) in [5.74, 6) is -0.324. The highest BCUT2D eigenvalue weighted by atomic mass is 16.5. The van der Waals surface area contributed by atoms with Gasteiger partial charge in [-0.2, -0.15) is 0 Å². The fourth-order valence-corrected chi connectivity index (χ4v) is 1.60. The maximum Gasteiger partial charge on any atom is 0.330 e. The minimum atomic E-state index is -0.789. The molecule has 2 aromatic rings. The van der Waals surface area contributed by atoms with E-state index in [9.17, 15) is 4.79 Å². The predicted molar refractivity (Wildman–Crippen MR) is 63.7 cm³/mol. The zero-order valence-electron chi connectivity index (χ0n) is 9.98. The van der Waals surface area contributed by atoms with Crippen LogP contribution in [-0.4, -0.2) is 23.6 Å². The Balaban J connectivity index is 2.25. The van der Waals surface area contributed by atoms with Crippen LogP contribution in [0.2, 0.25) is 0 Å². The van der Waals surface area contributed by atoms with Crippen LogP contribution in [0.5, 0.6) is 0 Å². The van der Waals surface area contributed by atoms with Crippen LogP contribution < -0.4 is 5.32 Å². The van der Waals surface area contributed by atoms with E-state index >= 15 is 0 Å². The molecular formula is C12H14N2O3. The molecule has 17 heavy (non-hydrogen) atoms. The Morgan fingerprint density at radius 3 is 2.94 bits per heavy atom. The van der Waals surface area contributed by atoms with Gasteiger partial charge in [-0.1, -0.05) is 0 Å². The second-order valence-electron chi connectivity index (χ2n) is 4.28. The fraction of sp³-hybridized carbons (Fsp3) is 0.333. The first-order chi connectivity index (χ1) is 8.03. The Morgan fingerprint density at radius 1 is 1.47 bits per heavy atom. The smallest absolute Gasteiger partial charge is 0.330 e. The number of oxazole rings is 1. The highest BCUT2D eigenvalue weighted by Gasteiger charge is 2.28. The van der Waals surface area contributed by atoms with E-state index in [4.69, 9.17) is 9.15 Å². The lowest BCUT2D eigenvalue weighted by molar-refractivity contribution is -0.144. The molecule has 0 atom stereocenters. The average molecular weight is 234 g/mol. The summed E-state index contributed by atoms with van der Waals surface area (Å²) in [6.45, 7) is 3.51. The van der Waals surface area contributed by atoms with Crippen LogP contribution in [0, 0.1) is 0 Å². The van der Waals surface area contributed by atoms with E-state index in [1.54, 1.807) is 19.9 Å². The summed E-state index contributed by atoms with van der Waals surface area (Å²) in [4.78, 5) is 15.6. The van der Waals surface area contributed by atoms with Gasteiger partial charge in [0.1, 0.15) is 11.1 Å². The van der Waals surface area contributed by atoms with Crippen LogP contribution in [0.15, 0.2) is 29.0 Å². The van der Waals surface area contributed by atoms with Crippen molar-refractivity contribution >= 4 is 22.8 Å². The molecule has 0 unspecified atom stereocenters. The molecule has 2 rings (SSSR count). The lowest BCUT2D eigenvalue weighted by Gasteiger charge is -2.24. The second-order valence-corrected chi connectivity index (χ2v) is 4.28. The van der Waals surface area contributed by atoms with E-state index < -0.39 is 5.54 Å². The molecule has 0 spiro atoms. The Kier molecular flexibility index (Phi) is 2.75. The molecule has 0 saturated carbocycles. The predicted octanol–water partition coefficient (Wildman–Crippen LogP) is 2.19. The van der Waals surface area contributed by atoms with Gasteiger partial charge in [0.2, 0.25) is 0 Å². The van der Waals surface area contributed by atoms with Crippen LogP contribution in [0.25, 0.3) is 11.1 Å². The van der Waals surface area contributed by atoms with Crippen LogP contribution >= 0.6 is 0 Å². The lowest BCUT2D eigenvalue weighted by Crippen LogP contribution is -2.41. The number of anilines is 1. The van der Waals surface area contributed by atoms with Gasteiger partial charge < -0.3 is 14.5 Å².